The Morgan fingerprint density at radius 1 is 1.37 bits per heavy atom. The van der Waals surface area contributed by atoms with E-state index >= 15 is 0 Å². The number of aryl methyl sites for hydroxylation is 1. The molecule has 96 valence electrons. The Labute approximate surface area is 109 Å². The van der Waals surface area contributed by atoms with Gasteiger partial charge in [-0.25, -0.2) is 4.98 Å². The summed E-state index contributed by atoms with van der Waals surface area (Å²) in [6.07, 6.45) is 1.42. The monoisotopic (exact) mass is 255 g/mol. The van der Waals surface area contributed by atoms with E-state index in [1.165, 1.54) is 6.33 Å². The number of amides is 1. The Hall–Kier alpha value is -2.63. The molecule has 2 aromatic heterocycles. The summed E-state index contributed by atoms with van der Waals surface area (Å²) in [4.78, 5) is 19.4. The molecule has 1 amide bonds. The van der Waals surface area contributed by atoms with E-state index in [4.69, 9.17) is 0 Å². The predicted octanol–water partition coefficient (Wildman–Crippen LogP) is 1.52. The molecule has 6 heteroatoms. The molecule has 1 aromatic carbocycles. The highest BCUT2D eigenvalue weighted by molar-refractivity contribution is 6.08. The van der Waals surface area contributed by atoms with Crippen LogP contribution < -0.4 is 5.32 Å². The minimum Gasteiger partial charge on any atom is -0.358 e. The molecular weight excluding hydrogens is 242 g/mol. The van der Waals surface area contributed by atoms with Gasteiger partial charge in [0.25, 0.3) is 5.91 Å². The molecule has 0 spiro atoms. The summed E-state index contributed by atoms with van der Waals surface area (Å²) in [5, 5.41) is 10.2. The van der Waals surface area contributed by atoms with Gasteiger partial charge in [-0.05, 0) is 13.0 Å². The Morgan fingerprint density at radius 2 is 2.21 bits per heavy atom. The number of benzene rings is 1. The first-order valence-corrected chi connectivity index (χ1v) is 5.95. The Bertz CT molecular complexity index is 714. The number of rotatable bonds is 3. The fourth-order valence-electron chi connectivity index (χ4n) is 2.14. The van der Waals surface area contributed by atoms with Crippen LogP contribution in [0, 0.1) is 6.92 Å². The number of fused-ring (bicyclic) bond motifs is 1. The maximum Gasteiger partial charge on any atom is 0.254 e. The molecule has 19 heavy (non-hydrogen) atoms. The molecule has 3 aromatic rings. The number of H-pyrrole nitrogens is 2. The topological polar surface area (TPSA) is 86.5 Å². The first kappa shape index (κ1) is 11.5. The minimum atomic E-state index is -0.119. The van der Waals surface area contributed by atoms with E-state index < -0.39 is 0 Å². The molecule has 0 unspecified atom stereocenters. The van der Waals surface area contributed by atoms with E-state index in [1.54, 1.807) is 0 Å². The Balaban J connectivity index is 1.87. The van der Waals surface area contributed by atoms with Crippen LogP contribution in [-0.4, -0.2) is 26.1 Å². The van der Waals surface area contributed by atoms with Gasteiger partial charge in [-0.3, -0.25) is 9.89 Å². The van der Waals surface area contributed by atoms with Gasteiger partial charge < -0.3 is 10.3 Å². The van der Waals surface area contributed by atoms with Gasteiger partial charge in [0.15, 0.2) is 0 Å². The molecule has 0 aliphatic carbocycles. The van der Waals surface area contributed by atoms with Crippen molar-refractivity contribution in [1.29, 1.82) is 0 Å². The average Bonchev–Trinajstić information content (AvgIpc) is 3.02. The summed E-state index contributed by atoms with van der Waals surface area (Å²) in [6, 6.07) is 7.75. The second-order valence-corrected chi connectivity index (χ2v) is 4.29. The van der Waals surface area contributed by atoms with Crippen LogP contribution in [0.3, 0.4) is 0 Å². The number of aromatic nitrogens is 4. The first-order valence-electron chi connectivity index (χ1n) is 5.95. The van der Waals surface area contributed by atoms with E-state index in [0.29, 0.717) is 17.9 Å². The smallest absolute Gasteiger partial charge is 0.254 e. The number of hydrogen-bond donors (Lipinski definition) is 3. The van der Waals surface area contributed by atoms with E-state index in [9.17, 15) is 4.79 Å². The maximum atomic E-state index is 12.2. The van der Waals surface area contributed by atoms with Crippen molar-refractivity contribution in [2.75, 3.05) is 0 Å². The van der Waals surface area contributed by atoms with Gasteiger partial charge in [0.05, 0.1) is 12.1 Å². The van der Waals surface area contributed by atoms with E-state index in [2.05, 4.69) is 25.5 Å². The lowest BCUT2D eigenvalue weighted by atomic mass is 10.1. The first-order chi connectivity index (χ1) is 9.25. The van der Waals surface area contributed by atoms with Crippen LogP contribution >= 0.6 is 0 Å². The number of carbonyl (C=O) groups is 1. The highest BCUT2D eigenvalue weighted by Gasteiger charge is 2.15. The fourth-order valence-corrected chi connectivity index (χ4v) is 2.14. The van der Waals surface area contributed by atoms with Crippen molar-refractivity contribution < 1.29 is 4.79 Å². The van der Waals surface area contributed by atoms with Crippen LogP contribution in [0.2, 0.25) is 0 Å². The SMILES string of the molecule is Cc1[nH]c2ccccc2c1C(=O)NCc1ncn[nH]1. The van der Waals surface area contributed by atoms with Gasteiger partial charge in [-0.15, -0.1) is 0 Å². The van der Waals surface area contributed by atoms with Crippen LogP contribution in [0.4, 0.5) is 0 Å². The molecule has 0 fully saturated rings. The highest BCUT2D eigenvalue weighted by atomic mass is 16.1. The molecule has 0 saturated carbocycles. The quantitative estimate of drug-likeness (QED) is 0.663. The summed E-state index contributed by atoms with van der Waals surface area (Å²) in [5.74, 6) is 0.511. The Kier molecular flexibility index (Phi) is 2.75. The van der Waals surface area contributed by atoms with Crippen LogP contribution in [0.15, 0.2) is 30.6 Å². The molecule has 0 aliphatic rings. The normalized spacial score (nSPS) is 10.8. The molecule has 0 bridgehead atoms. The zero-order valence-corrected chi connectivity index (χ0v) is 10.4. The van der Waals surface area contributed by atoms with Gasteiger partial charge in [-0.2, -0.15) is 5.10 Å². The summed E-state index contributed by atoms with van der Waals surface area (Å²) in [5.41, 5.74) is 2.50. The van der Waals surface area contributed by atoms with Gasteiger partial charge in [0.2, 0.25) is 0 Å². The second-order valence-electron chi connectivity index (χ2n) is 4.29. The van der Waals surface area contributed by atoms with Crippen LogP contribution in [-0.2, 0) is 6.54 Å². The van der Waals surface area contributed by atoms with Crippen molar-refractivity contribution in [3.05, 3.63) is 47.7 Å². The van der Waals surface area contributed by atoms with Crippen molar-refractivity contribution in [1.82, 2.24) is 25.5 Å². The Morgan fingerprint density at radius 3 is 3.00 bits per heavy atom. The average molecular weight is 255 g/mol. The molecule has 3 N–H and O–H groups in total. The summed E-state index contributed by atoms with van der Waals surface area (Å²) in [7, 11) is 0. The molecule has 0 aliphatic heterocycles. The van der Waals surface area contributed by atoms with Crippen molar-refractivity contribution >= 4 is 16.8 Å². The van der Waals surface area contributed by atoms with E-state index in [-0.39, 0.29) is 5.91 Å². The molecule has 0 saturated heterocycles. The van der Waals surface area contributed by atoms with Crippen molar-refractivity contribution in [2.24, 2.45) is 0 Å². The number of nitrogens with zero attached hydrogens (tertiary/aromatic N) is 2. The van der Waals surface area contributed by atoms with Crippen molar-refractivity contribution in [3.8, 4) is 0 Å². The van der Waals surface area contributed by atoms with Gasteiger partial charge in [-0.1, -0.05) is 18.2 Å². The molecule has 0 atom stereocenters. The highest BCUT2D eigenvalue weighted by Crippen LogP contribution is 2.21. The van der Waals surface area contributed by atoms with Gasteiger partial charge in [0, 0.05) is 16.6 Å². The molecule has 2 heterocycles. The third kappa shape index (κ3) is 2.08. The molecule has 6 nitrogen and oxygen atoms in total. The van der Waals surface area contributed by atoms with Gasteiger partial charge >= 0.3 is 0 Å². The van der Waals surface area contributed by atoms with Gasteiger partial charge in [0.1, 0.15) is 12.2 Å². The lowest BCUT2D eigenvalue weighted by Gasteiger charge is -2.03. The lowest BCUT2D eigenvalue weighted by molar-refractivity contribution is 0.0951. The molecule has 3 rings (SSSR count). The largest absolute Gasteiger partial charge is 0.358 e. The minimum absolute atomic E-state index is 0.119. The van der Waals surface area contributed by atoms with E-state index in [0.717, 1.165) is 16.6 Å². The van der Waals surface area contributed by atoms with Crippen molar-refractivity contribution in [3.63, 3.8) is 0 Å². The second kappa shape index (κ2) is 4.56. The van der Waals surface area contributed by atoms with Crippen LogP contribution in [0.25, 0.3) is 10.9 Å². The van der Waals surface area contributed by atoms with Crippen LogP contribution in [0.5, 0.6) is 0 Å². The fraction of sp³-hybridized carbons (Fsp3) is 0.154. The number of carbonyl (C=O) groups excluding carboxylic acids is 1. The predicted molar refractivity (Wildman–Crippen MR) is 70.6 cm³/mol. The summed E-state index contributed by atoms with van der Waals surface area (Å²) >= 11 is 0. The number of aromatic amines is 2. The number of para-hydroxylation sites is 1. The molecule has 0 radical (unpaired) electrons. The molecular formula is C13H13N5O. The lowest BCUT2D eigenvalue weighted by Crippen LogP contribution is -2.23. The van der Waals surface area contributed by atoms with Crippen molar-refractivity contribution in [2.45, 2.75) is 13.5 Å². The van der Waals surface area contributed by atoms with Crippen LogP contribution in [0.1, 0.15) is 21.9 Å². The zero-order chi connectivity index (χ0) is 13.2. The van der Waals surface area contributed by atoms with E-state index in [1.807, 2.05) is 31.2 Å². The third-order valence-electron chi connectivity index (χ3n) is 3.00. The number of nitrogens with one attached hydrogen (secondary N) is 3. The zero-order valence-electron chi connectivity index (χ0n) is 10.4. The summed E-state index contributed by atoms with van der Waals surface area (Å²) < 4.78 is 0. The maximum absolute atomic E-state index is 12.2. The number of hydrogen-bond acceptors (Lipinski definition) is 3. The third-order valence-corrected chi connectivity index (χ3v) is 3.00. The standard InChI is InChI=1S/C13H13N5O/c1-8-12(9-4-2-3-5-10(9)17-8)13(19)14-6-11-15-7-16-18-11/h2-5,7,17H,6H2,1H3,(H,14,19)(H,15,16,18). The summed E-state index contributed by atoms with van der Waals surface area (Å²) in [6.45, 7) is 2.22.